The maximum absolute atomic E-state index is 4.56. The van der Waals surface area contributed by atoms with Crippen LogP contribution in [0.1, 0.15) is 12.6 Å². The standard InChI is InChI=1S/C18H17N3/c1-13-6-4-5-7-17(13)11-20-15(3)21-9-8-16-10-14(2)19-12-18(16)21/h4-12H,1H2,2-3H3/b17-11-,20-15?. The number of rotatable bonds is 1. The maximum Gasteiger partial charge on any atom is 0.110 e. The van der Waals surface area contributed by atoms with Crippen molar-refractivity contribution in [1.29, 1.82) is 0 Å². The lowest BCUT2D eigenvalue weighted by molar-refractivity contribution is 1.16. The van der Waals surface area contributed by atoms with E-state index < -0.39 is 0 Å². The van der Waals surface area contributed by atoms with E-state index in [-0.39, 0.29) is 0 Å². The minimum Gasteiger partial charge on any atom is -0.303 e. The van der Waals surface area contributed by atoms with Gasteiger partial charge < -0.3 is 4.57 Å². The van der Waals surface area contributed by atoms with Crippen LogP contribution >= 0.6 is 0 Å². The molecular formula is C18H17N3. The molecule has 3 heteroatoms. The van der Waals surface area contributed by atoms with Crippen molar-refractivity contribution >= 4 is 29.5 Å². The van der Waals surface area contributed by atoms with E-state index in [1.807, 2.05) is 61.3 Å². The van der Waals surface area contributed by atoms with E-state index in [2.05, 4.69) is 28.7 Å². The number of nitrogens with zero attached hydrogens (tertiary/aromatic N) is 3. The zero-order valence-electron chi connectivity index (χ0n) is 12.2. The van der Waals surface area contributed by atoms with E-state index in [9.17, 15) is 0 Å². The van der Waals surface area contributed by atoms with E-state index >= 15 is 0 Å². The number of fused-ring (bicyclic) bond motifs is 1. The molecule has 0 unspecified atom stereocenters. The first-order chi connectivity index (χ1) is 10.1. The quantitative estimate of drug-likeness (QED) is 0.495. The molecule has 0 aliphatic rings. The molecule has 0 saturated carbocycles. The molecule has 2 heterocycles. The number of aryl methyl sites for hydroxylation is 1. The van der Waals surface area contributed by atoms with Gasteiger partial charge in [0.2, 0.25) is 0 Å². The first-order valence-electron chi connectivity index (χ1n) is 6.88. The van der Waals surface area contributed by atoms with Crippen molar-refractivity contribution in [1.82, 2.24) is 9.55 Å². The molecule has 0 atom stereocenters. The van der Waals surface area contributed by atoms with Gasteiger partial charge in [-0.3, -0.25) is 4.98 Å². The number of aromatic nitrogens is 2. The molecule has 0 aliphatic carbocycles. The van der Waals surface area contributed by atoms with Gasteiger partial charge in [0.1, 0.15) is 5.84 Å². The Morgan fingerprint density at radius 1 is 1.29 bits per heavy atom. The van der Waals surface area contributed by atoms with Crippen molar-refractivity contribution in [2.45, 2.75) is 13.8 Å². The third-order valence-corrected chi connectivity index (χ3v) is 3.51. The minimum atomic E-state index is 0.902. The van der Waals surface area contributed by atoms with Crippen LogP contribution in [0.2, 0.25) is 0 Å². The largest absolute Gasteiger partial charge is 0.303 e. The fourth-order valence-corrected chi connectivity index (χ4v) is 2.31. The van der Waals surface area contributed by atoms with Crippen molar-refractivity contribution in [3.63, 3.8) is 0 Å². The molecule has 2 aromatic heterocycles. The number of hydrogen-bond acceptors (Lipinski definition) is 2. The summed E-state index contributed by atoms with van der Waals surface area (Å²) in [6.07, 6.45) is 5.76. The van der Waals surface area contributed by atoms with E-state index in [1.165, 1.54) is 5.39 Å². The van der Waals surface area contributed by atoms with Gasteiger partial charge in [-0.05, 0) is 36.4 Å². The Hall–Kier alpha value is -2.68. The molecule has 3 rings (SSSR count). The van der Waals surface area contributed by atoms with E-state index in [4.69, 9.17) is 0 Å². The van der Waals surface area contributed by atoms with Crippen LogP contribution in [0.3, 0.4) is 0 Å². The topological polar surface area (TPSA) is 30.2 Å². The third-order valence-electron chi connectivity index (χ3n) is 3.51. The summed E-state index contributed by atoms with van der Waals surface area (Å²) in [7, 11) is 0. The van der Waals surface area contributed by atoms with Crippen molar-refractivity contribution in [3.8, 4) is 0 Å². The van der Waals surface area contributed by atoms with Crippen LogP contribution in [0.4, 0.5) is 0 Å². The molecule has 0 N–H and O–H groups in total. The molecule has 3 aromatic rings. The third kappa shape index (κ3) is 2.63. The summed E-state index contributed by atoms with van der Waals surface area (Å²) in [4.78, 5) is 8.92. The fourth-order valence-electron chi connectivity index (χ4n) is 2.31. The van der Waals surface area contributed by atoms with Crippen molar-refractivity contribution < 1.29 is 0 Å². The second-order valence-electron chi connectivity index (χ2n) is 5.07. The summed E-state index contributed by atoms with van der Waals surface area (Å²) in [6.45, 7) is 7.99. The number of aliphatic imine (C=N–C) groups is 1. The highest BCUT2D eigenvalue weighted by atomic mass is 15.0. The van der Waals surface area contributed by atoms with Crippen LogP contribution in [0.25, 0.3) is 23.7 Å². The van der Waals surface area contributed by atoms with Crippen LogP contribution < -0.4 is 10.4 Å². The van der Waals surface area contributed by atoms with E-state index in [0.717, 1.165) is 27.5 Å². The van der Waals surface area contributed by atoms with Crippen LogP contribution in [-0.4, -0.2) is 15.4 Å². The Bertz CT molecular complexity index is 932. The van der Waals surface area contributed by atoms with Gasteiger partial charge in [0, 0.05) is 23.5 Å². The van der Waals surface area contributed by atoms with Crippen LogP contribution in [0.15, 0.2) is 53.8 Å². The Morgan fingerprint density at radius 3 is 2.90 bits per heavy atom. The molecule has 21 heavy (non-hydrogen) atoms. The first-order valence-corrected chi connectivity index (χ1v) is 6.88. The first kappa shape index (κ1) is 13.3. The van der Waals surface area contributed by atoms with Crippen molar-refractivity contribution in [2.75, 3.05) is 0 Å². The van der Waals surface area contributed by atoms with Gasteiger partial charge in [-0.1, -0.05) is 30.8 Å². The molecule has 0 spiro atoms. The highest BCUT2D eigenvalue weighted by Crippen LogP contribution is 2.15. The molecule has 0 fully saturated rings. The highest BCUT2D eigenvalue weighted by molar-refractivity contribution is 5.94. The SMILES string of the molecule is C=c1cccc/c1=C/N=C(C)n1ccc2cc(C)ncc21. The van der Waals surface area contributed by atoms with E-state index in [0.29, 0.717) is 0 Å². The number of benzene rings is 1. The predicted molar refractivity (Wildman–Crippen MR) is 88.7 cm³/mol. The molecule has 0 bridgehead atoms. The van der Waals surface area contributed by atoms with Crippen LogP contribution in [0.5, 0.6) is 0 Å². The Labute approximate surface area is 123 Å². The second-order valence-corrected chi connectivity index (χ2v) is 5.07. The van der Waals surface area contributed by atoms with Crippen LogP contribution in [-0.2, 0) is 0 Å². The normalized spacial score (nSPS) is 13.0. The Morgan fingerprint density at radius 2 is 2.10 bits per heavy atom. The lowest BCUT2D eigenvalue weighted by Gasteiger charge is -2.03. The zero-order valence-corrected chi connectivity index (χ0v) is 12.2. The molecule has 0 saturated heterocycles. The second kappa shape index (κ2) is 5.37. The summed E-state index contributed by atoms with van der Waals surface area (Å²) in [5, 5.41) is 3.18. The van der Waals surface area contributed by atoms with Crippen molar-refractivity contribution in [2.24, 2.45) is 4.99 Å². The summed E-state index contributed by atoms with van der Waals surface area (Å²) in [5.41, 5.74) is 2.09. The summed E-state index contributed by atoms with van der Waals surface area (Å²) >= 11 is 0. The van der Waals surface area contributed by atoms with Gasteiger partial charge in [-0.15, -0.1) is 0 Å². The lowest BCUT2D eigenvalue weighted by atomic mass is 10.2. The van der Waals surface area contributed by atoms with Gasteiger partial charge in [0.15, 0.2) is 0 Å². The van der Waals surface area contributed by atoms with Gasteiger partial charge in [-0.25, -0.2) is 4.99 Å². The van der Waals surface area contributed by atoms with Gasteiger partial charge in [0.05, 0.1) is 11.7 Å². The lowest BCUT2D eigenvalue weighted by Crippen LogP contribution is -2.21. The Balaban J connectivity index is 2.07. The average molecular weight is 275 g/mol. The predicted octanol–water partition coefficient (Wildman–Crippen LogP) is 2.46. The molecule has 0 aliphatic heterocycles. The molecule has 0 radical (unpaired) electrons. The fraction of sp³-hybridized carbons (Fsp3) is 0.111. The number of pyridine rings is 1. The van der Waals surface area contributed by atoms with Crippen molar-refractivity contribution in [3.05, 3.63) is 64.9 Å². The van der Waals surface area contributed by atoms with Gasteiger partial charge >= 0.3 is 0 Å². The Kier molecular flexibility index (Phi) is 3.40. The summed E-state index contributed by atoms with van der Waals surface area (Å²) in [5.74, 6) is 0.902. The smallest absolute Gasteiger partial charge is 0.110 e. The summed E-state index contributed by atoms with van der Waals surface area (Å²) < 4.78 is 2.05. The monoisotopic (exact) mass is 275 g/mol. The molecule has 104 valence electrons. The highest BCUT2D eigenvalue weighted by Gasteiger charge is 2.03. The van der Waals surface area contributed by atoms with Gasteiger partial charge in [0.25, 0.3) is 0 Å². The molecular weight excluding hydrogens is 258 g/mol. The maximum atomic E-state index is 4.56. The zero-order chi connectivity index (χ0) is 14.8. The number of hydrogen-bond donors (Lipinski definition) is 0. The average Bonchev–Trinajstić information content (AvgIpc) is 2.89. The van der Waals surface area contributed by atoms with E-state index in [1.54, 1.807) is 0 Å². The van der Waals surface area contributed by atoms with Crippen LogP contribution in [0, 0.1) is 6.92 Å². The molecule has 3 nitrogen and oxygen atoms in total. The van der Waals surface area contributed by atoms with Gasteiger partial charge in [-0.2, -0.15) is 0 Å². The molecule has 0 amide bonds. The summed E-state index contributed by atoms with van der Waals surface area (Å²) in [6, 6.07) is 12.1. The molecule has 1 aromatic carbocycles. The minimum absolute atomic E-state index is 0.902.